The van der Waals surface area contributed by atoms with Gasteiger partial charge in [-0.1, -0.05) is 13.8 Å². The quantitative estimate of drug-likeness (QED) is 0.620. The first-order chi connectivity index (χ1) is 13.9. The van der Waals surface area contributed by atoms with Gasteiger partial charge in [-0.05, 0) is 19.8 Å². The Kier molecular flexibility index (Phi) is 6.00. The standard InChI is InChI=1S/C20H31F2N5O3/c1-17(2)12-24-20(30-13-17)6-8-27(9-7-20)16(29)25-14(10-18(3,21)22)15(28)26-19(11-23)4-5-19/h14,24H,4-10,12-13H2,1-3H3,(H,25,29)(H,26,28). The fourth-order valence-electron chi connectivity index (χ4n) is 3.75. The normalized spacial score (nSPS) is 25.1. The molecule has 1 unspecified atom stereocenters. The van der Waals surface area contributed by atoms with Gasteiger partial charge in [0.2, 0.25) is 11.8 Å². The summed E-state index contributed by atoms with van der Waals surface area (Å²) in [7, 11) is 0. The molecule has 1 atom stereocenters. The molecule has 2 heterocycles. The number of likely N-dealkylation sites (tertiary alicyclic amines) is 1. The minimum absolute atomic E-state index is 0.0497. The highest BCUT2D eigenvalue weighted by atomic mass is 19.3. The molecule has 3 N–H and O–H groups in total. The highest BCUT2D eigenvalue weighted by Crippen LogP contribution is 2.35. The summed E-state index contributed by atoms with van der Waals surface area (Å²) < 4.78 is 33.3. The number of carbonyl (C=O) groups is 2. The molecule has 168 valence electrons. The topological polar surface area (TPSA) is 106 Å². The molecule has 30 heavy (non-hydrogen) atoms. The third kappa shape index (κ3) is 5.58. The zero-order valence-corrected chi connectivity index (χ0v) is 17.8. The monoisotopic (exact) mass is 427 g/mol. The number of hydrogen-bond donors (Lipinski definition) is 3. The molecule has 3 rings (SSSR count). The number of carbonyl (C=O) groups excluding carboxylic acids is 2. The first-order valence-corrected chi connectivity index (χ1v) is 10.4. The van der Waals surface area contributed by atoms with Crippen LogP contribution in [0, 0.1) is 16.7 Å². The summed E-state index contributed by atoms with van der Waals surface area (Å²) in [6.07, 6.45) is 1.29. The van der Waals surface area contributed by atoms with E-state index in [0.29, 0.717) is 52.3 Å². The van der Waals surface area contributed by atoms with Crippen LogP contribution in [-0.4, -0.2) is 66.3 Å². The van der Waals surface area contributed by atoms with Gasteiger partial charge in [-0.25, -0.2) is 13.6 Å². The van der Waals surface area contributed by atoms with E-state index in [1.807, 2.05) is 6.07 Å². The van der Waals surface area contributed by atoms with Crippen molar-refractivity contribution in [2.24, 2.45) is 5.41 Å². The van der Waals surface area contributed by atoms with Crippen molar-refractivity contribution in [1.82, 2.24) is 20.9 Å². The van der Waals surface area contributed by atoms with Crippen molar-refractivity contribution in [3.63, 3.8) is 0 Å². The molecule has 1 aliphatic carbocycles. The van der Waals surface area contributed by atoms with E-state index in [2.05, 4.69) is 29.8 Å². The summed E-state index contributed by atoms with van der Waals surface area (Å²) in [6, 6.07) is 0.0173. The second-order valence-electron chi connectivity index (χ2n) is 9.75. The van der Waals surface area contributed by atoms with E-state index in [9.17, 15) is 18.4 Å². The first-order valence-electron chi connectivity index (χ1n) is 10.4. The average molecular weight is 427 g/mol. The number of rotatable bonds is 5. The molecule has 1 spiro atoms. The number of nitriles is 1. The molecule has 1 saturated carbocycles. The predicted octanol–water partition coefficient (Wildman–Crippen LogP) is 1.72. The number of hydrogen-bond acceptors (Lipinski definition) is 5. The summed E-state index contributed by atoms with van der Waals surface area (Å²) in [5.74, 6) is -3.89. The second kappa shape index (κ2) is 7.93. The van der Waals surface area contributed by atoms with Gasteiger partial charge < -0.3 is 20.3 Å². The van der Waals surface area contributed by atoms with Crippen LogP contribution in [0.25, 0.3) is 0 Å². The van der Waals surface area contributed by atoms with Crippen molar-refractivity contribution in [1.29, 1.82) is 5.26 Å². The average Bonchev–Trinajstić information content (AvgIpc) is 3.43. The van der Waals surface area contributed by atoms with Gasteiger partial charge >= 0.3 is 6.03 Å². The lowest BCUT2D eigenvalue weighted by molar-refractivity contribution is -0.157. The van der Waals surface area contributed by atoms with Gasteiger partial charge in [-0.3, -0.25) is 10.1 Å². The van der Waals surface area contributed by atoms with Crippen molar-refractivity contribution in [2.75, 3.05) is 26.2 Å². The number of ether oxygens (including phenoxy) is 1. The van der Waals surface area contributed by atoms with Crippen molar-refractivity contribution in [3.8, 4) is 6.07 Å². The van der Waals surface area contributed by atoms with E-state index in [1.165, 1.54) is 4.90 Å². The zero-order valence-electron chi connectivity index (χ0n) is 17.8. The highest BCUT2D eigenvalue weighted by molar-refractivity contribution is 5.88. The van der Waals surface area contributed by atoms with Crippen LogP contribution in [0.15, 0.2) is 0 Å². The molecule has 10 heteroatoms. The molecular weight excluding hydrogens is 396 g/mol. The van der Waals surface area contributed by atoms with E-state index in [-0.39, 0.29) is 5.41 Å². The largest absolute Gasteiger partial charge is 0.360 e. The third-order valence-corrected chi connectivity index (χ3v) is 5.99. The molecule has 0 aromatic carbocycles. The number of amides is 3. The van der Waals surface area contributed by atoms with Crippen molar-refractivity contribution in [2.45, 2.75) is 76.1 Å². The van der Waals surface area contributed by atoms with Gasteiger partial charge in [-0.2, -0.15) is 5.26 Å². The maximum atomic E-state index is 13.6. The molecule has 3 amide bonds. The molecule has 2 aliphatic heterocycles. The molecule has 0 aromatic heterocycles. The smallest absolute Gasteiger partial charge is 0.318 e. The Bertz CT molecular complexity index is 707. The molecule has 3 aliphatic rings. The summed E-state index contributed by atoms with van der Waals surface area (Å²) in [6.45, 7) is 7.14. The lowest BCUT2D eigenvalue weighted by Gasteiger charge is -2.48. The van der Waals surface area contributed by atoms with Crippen molar-refractivity contribution < 1.29 is 23.1 Å². The number of nitrogens with one attached hydrogen (secondary N) is 3. The predicted molar refractivity (Wildman–Crippen MR) is 105 cm³/mol. The number of alkyl halides is 2. The highest BCUT2D eigenvalue weighted by Gasteiger charge is 2.47. The van der Waals surface area contributed by atoms with Gasteiger partial charge in [0.25, 0.3) is 0 Å². The molecule has 3 fully saturated rings. The maximum Gasteiger partial charge on any atom is 0.318 e. The van der Waals surface area contributed by atoms with Gasteiger partial charge in [0.1, 0.15) is 17.3 Å². The van der Waals surface area contributed by atoms with Crippen LogP contribution in [0.3, 0.4) is 0 Å². The van der Waals surface area contributed by atoms with Crippen LogP contribution >= 0.6 is 0 Å². The van der Waals surface area contributed by atoms with Crippen LogP contribution in [0.4, 0.5) is 13.6 Å². The minimum atomic E-state index is -3.14. The number of piperidine rings is 1. The lowest BCUT2D eigenvalue weighted by atomic mass is 9.89. The van der Waals surface area contributed by atoms with Crippen LogP contribution in [-0.2, 0) is 9.53 Å². The SMILES string of the molecule is CC(F)(F)CC(NC(=O)N1CCC2(CC1)NCC(C)(C)CO2)C(=O)NC1(C#N)CC1. The Balaban J connectivity index is 1.57. The van der Waals surface area contributed by atoms with E-state index in [1.54, 1.807) is 0 Å². The summed E-state index contributed by atoms with van der Waals surface area (Å²) in [5.41, 5.74) is -1.41. The molecule has 2 saturated heterocycles. The molecule has 0 bridgehead atoms. The van der Waals surface area contributed by atoms with Gasteiger partial charge in [0.05, 0.1) is 12.7 Å². The third-order valence-electron chi connectivity index (χ3n) is 5.99. The van der Waals surface area contributed by atoms with E-state index >= 15 is 0 Å². The number of nitrogens with zero attached hydrogens (tertiary/aromatic N) is 2. The Morgan fingerprint density at radius 3 is 2.37 bits per heavy atom. The van der Waals surface area contributed by atoms with Crippen LogP contribution in [0.5, 0.6) is 0 Å². The Labute approximate surface area is 175 Å². The van der Waals surface area contributed by atoms with Gasteiger partial charge in [-0.15, -0.1) is 0 Å². The molecule has 8 nitrogen and oxygen atoms in total. The van der Waals surface area contributed by atoms with E-state index < -0.39 is 41.6 Å². The molecule has 0 radical (unpaired) electrons. The Hall–Kier alpha value is -1.99. The van der Waals surface area contributed by atoms with Crippen LogP contribution in [0.1, 0.15) is 52.9 Å². The first kappa shape index (κ1) is 22.7. The Morgan fingerprint density at radius 1 is 1.27 bits per heavy atom. The van der Waals surface area contributed by atoms with E-state index in [4.69, 9.17) is 10.00 Å². The van der Waals surface area contributed by atoms with Crippen molar-refractivity contribution >= 4 is 11.9 Å². The zero-order chi connectivity index (χ0) is 22.2. The summed E-state index contributed by atoms with van der Waals surface area (Å²) >= 11 is 0. The second-order valence-corrected chi connectivity index (χ2v) is 9.75. The van der Waals surface area contributed by atoms with Gasteiger partial charge in [0.15, 0.2) is 0 Å². The lowest BCUT2D eigenvalue weighted by Crippen LogP contribution is -2.63. The van der Waals surface area contributed by atoms with Crippen molar-refractivity contribution in [3.05, 3.63) is 0 Å². The fraction of sp³-hybridized carbons (Fsp3) is 0.850. The summed E-state index contributed by atoms with van der Waals surface area (Å²) in [5, 5.41) is 17.5. The number of halogens is 2. The molecular formula is C20H31F2N5O3. The maximum absolute atomic E-state index is 13.6. The summed E-state index contributed by atoms with van der Waals surface area (Å²) in [4.78, 5) is 26.7. The van der Waals surface area contributed by atoms with E-state index in [0.717, 1.165) is 6.54 Å². The van der Waals surface area contributed by atoms with Crippen LogP contribution in [0.2, 0.25) is 0 Å². The fourth-order valence-corrected chi connectivity index (χ4v) is 3.75. The molecule has 0 aromatic rings. The Morgan fingerprint density at radius 2 is 1.90 bits per heavy atom. The minimum Gasteiger partial charge on any atom is -0.360 e. The number of urea groups is 1. The van der Waals surface area contributed by atoms with Crippen LogP contribution < -0.4 is 16.0 Å². The van der Waals surface area contributed by atoms with Gasteiger partial charge in [0, 0.05) is 44.3 Å².